The summed E-state index contributed by atoms with van der Waals surface area (Å²) in [5.41, 5.74) is 4.05. The molecule has 1 saturated heterocycles. The average Bonchev–Trinajstić information content (AvgIpc) is 3.13. The third kappa shape index (κ3) is 3.57. The molecule has 0 bridgehead atoms. The van der Waals surface area contributed by atoms with Crippen LogP contribution in [0.3, 0.4) is 0 Å². The van der Waals surface area contributed by atoms with Crippen LogP contribution in [0.2, 0.25) is 0 Å². The number of rotatable bonds is 3. The fourth-order valence-corrected chi connectivity index (χ4v) is 3.60. The molecule has 0 N–H and O–H groups in total. The van der Waals surface area contributed by atoms with Crippen LogP contribution < -0.4 is 0 Å². The van der Waals surface area contributed by atoms with Gasteiger partial charge in [0.05, 0.1) is 22.6 Å². The second kappa shape index (κ2) is 7.11. The zero-order valence-corrected chi connectivity index (χ0v) is 16.0. The number of aryl methyl sites for hydroxylation is 3. The molecule has 3 aromatic rings. The molecule has 0 spiro atoms. The van der Waals surface area contributed by atoms with E-state index >= 15 is 0 Å². The van der Waals surface area contributed by atoms with E-state index in [9.17, 15) is 4.79 Å². The summed E-state index contributed by atoms with van der Waals surface area (Å²) in [4.78, 5) is 21.7. The Balaban J connectivity index is 1.47. The van der Waals surface area contributed by atoms with E-state index in [-0.39, 0.29) is 5.91 Å². The van der Waals surface area contributed by atoms with E-state index in [0.717, 1.165) is 61.1 Å². The van der Waals surface area contributed by atoms with Gasteiger partial charge in [-0.3, -0.25) is 9.69 Å². The maximum Gasteiger partial charge on any atom is 0.257 e. The van der Waals surface area contributed by atoms with Gasteiger partial charge in [-0.05, 0) is 27.2 Å². The van der Waals surface area contributed by atoms with Gasteiger partial charge < -0.3 is 9.42 Å². The first-order valence-electron chi connectivity index (χ1n) is 9.27. The first kappa shape index (κ1) is 17.7. The molecule has 3 aromatic heterocycles. The van der Waals surface area contributed by atoms with E-state index in [1.54, 1.807) is 10.7 Å². The second-order valence-corrected chi connectivity index (χ2v) is 7.16. The Morgan fingerprint density at radius 3 is 2.78 bits per heavy atom. The SMILES string of the molecule is Cc1cc2ncc(C(=O)N3CCCN(Cc4cc(C)on4)CC3)c(C)n2n1. The van der Waals surface area contributed by atoms with E-state index in [4.69, 9.17) is 4.52 Å². The predicted octanol–water partition coefficient (Wildman–Crippen LogP) is 1.99. The minimum atomic E-state index is 0.0224. The quantitative estimate of drug-likeness (QED) is 0.703. The number of hydrogen-bond donors (Lipinski definition) is 0. The summed E-state index contributed by atoms with van der Waals surface area (Å²) in [6, 6.07) is 3.88. The molecule has 27 heavy (non-hydrogen) atoms. The first-order chi connectivity index (χ1) is 13.0. The summed E-state index contributed by atoms with van der Waals surface area (Å²) in [5.74, 6) is 0.845. The molecule has 1 aliphatic rings. The number of hydrogen-bond acceptors (Lipinski definition) is 6. The van der Waals surface area contributed by atoms with Crippen molar-refractivity contribution < 1.29 is 9.32 Å². The predicted molar refractivity (Wildman–Crippen MR) is 99.5 cm³/mol. The Bertz CT molecular complexity index is 976. The third-order valence-corrected chi connectivity index (χ3v) is 5.01. The smallest absolute Gasteiger partial charge is 0.257 e. The average molecular weight is 368 g/mol. The van der Waals surface area contributed by atoms with Crippen LogP contribution in [0.5, 0.6) is 0 Å². The second-order valence-electron chi connectivity index (χ2n) is 7.16. The van der Waals surface area contributed by atoms with Crippen molar-refractivity contribution in [2.45, 2.75) is 33.7 Å². The summed E-state index contributed by atoms with van der Waals surface area (Å²) in [5, 5.41) is 8.51. The molecule has 1 fully saturated rings. The number of fused-ring (bicyclic) bond motifs is 1. The lowest BCUT2D eigenvalue weighted by Gasteiger charge is -2.22. The topological polar surface area (TPSA) is 79.8 Å². The van der Waals surface area contributed by atoms with Crippen LogP contribution in [0.15, 0.2) is 22.9 Å². The van der Waals surface area contributed by atoms with Crippen LogP contribution in [0.1, 0.15) is 39.6 Å². The summed E-state index contributed by atoms with van der Waals surface area (Å²) >= 11 is 0. The van der Waals surface area contributed by atoms with Crippen LogP contribution in [-0.2, 0) is 6.54 Å². The Labute approximate surface area is 157 Å². The zero-order valence-electron chi connectivity index (χ0n) is 16.0. The number of nitrogens with zero attached hydrogens (tertiary/aromatic N) is 6. The number of carbonyl (C=O) groups excluding carboxylic acids is 1. The highest BCUT2D eigenvalue weighted by atomic mass is 16.5. The maximum absolute atomic E-state index is 13.1. The van der Waals surface area contributed by atoms with Crippen LogP contribution >= 0.6 is 0 Å². The van der Waals surface area contributed by atoms with E-state index < -0.39 is 0 Å². The Morgan fingerprint density at radius 1 is 1.15 bits per heavy atom. The van der Waals surface area contributed by atoms with Crippen molar-refractivity contribution in [3.63, 3.8) is 0 Å². The van der Waals surface area contributed by atoms with Gasteiger partial charge in [-0.1, -0.05) is 5.16 Å². The summed E-state index contributed by atoms with van der Waals surface area (Å²) in [6.45, 7) is 9.67. The van der Waals surface area contributed by atoms with E-state index in [0.29, 0.717) is 12.1 Å². The molecule has 0 atom stereocenters. The lowest BCUT2D eigenvalue weighted by Crippen LogP contribution is -2.35. The zero-order chi connectivity index (χ0) is 19.0. The van der Waals surface area contributed by atoms with Crippen molar-refractivity contribution in [3.05, 3.63) is 46.7 Å². The number of carbonyl (C=O) groups is 1. The van der Waals surface area contributed by atoms with Crippen LogP contribution in [0.25, 0.3) is 5.65 Å². The van der Waals surface area contributed by atoms with Gasteiger partial charge in [0, 0.05) is 51.1 Å². The third-order valence-electron chi connectivity index (χ3n) is 5.01. The molecular formula is C19H24N6O2. The molecule has 8 heteroatoms. The van der Waals surface area contributed by atoms with E-state index in [1.807, 2.05) is 37.8 Å². The highest BCUT2D eigenvalue weighted by Crippen LogP contribution is 2.16. The minimum absolute atomic E-state index is 0.0224. The summed E-state index contributed by atoms with van der Waals surface area (Å²) < 4.78 is 6.90. The molecule has 4 rings (SSSR count). The molecule has 1 aliphatic heterocycles. The van der Waals surface area contributed by atoms with Crippen molar-refractivity contribution >= 4 is 11.6 Å². The molecule has 1 amide bonds. The number of amides is 1. The van der Waals surface area contributed by atoms with Crippen LogP contribution in [0.4, 0.5) is 0 Å². The normalized spacial score (nSPS) is 16.0. The highest BCUT2D eigenvalue weighted by molar-refractivity contribution is 5.95. The Hall–Kier alpha value is -2.74. The van der Waals surface area contributed by atoms with E-state index in [1.165, 1.54) is 0 Å². The molecule has 0 aliphatic carbocycles. The molecule has 0 saturated carbocycles. The minimum Gasteiger partial charge on any atom is -0.361 e. The van der Waals surface area contributed by atoms with Gasteiger partial charge in [0.25, 0.3) is 5.91 Å². The Morgan fingerprint density at radius 2 is 2.00 bits per heavy atom. The van der Waals surface area contributed by atoms with Gasteiger partial charge in [0.15, 0.2) is 5.65 Å². The van der Waals surface area contributed by atoms with Gasteiger partial charge in [0.1, 0.15) is 5.76 Å². The van der Waals surface area contributed by atoms with Gasteiger partial charge in [0.2, 0.25) is 0 Å². The van der Waals surface area contributed by atoms with Crippen molar-refractivity contribution in [2.75, 3.05) is 26.2 Å². The molecule has 0 radical (unpaired) electrons. The monoisotopic (exact) mass is 368 g/mol. The van der Waals surface area contributed by atoms with Gasteiger partial charge in [-0.15, -0.1) is 0 Å². The molecule has 0 unspecified atom stereocenters. The van der Waals surface area contributed by atoms with Crippen molar-refractivity contribution in [3.8, 4) is 0 Å². The summed E-state index contributed by atoms with van der Waals surface area (Å²) in [7, 11) is 0. The van der Waals surface area contributed by atoms with E-state index in [2.05, 4.69) is 20.1 Å². The molecule has 4 heterocycles. The van der Waals surface area contributed by atoms with Gasteiger partial charge in [-0.25, -0.2) is 9.50 Å². The first-order valence-corrected chi connectivity index (χ1v) is 9.27. The number of aromatic nitrogens is 4. The lowest BCUT2D eigenvalue weighted by molar-refractivity contribution is 0.0759. The molecular weight excluding hydrogens is 344 g/mol. The van der Waals surface area contributed by atoms with Crippen LogP contribution in [0, 0.1) is 20.8 Å². The fourth-order valence-electron chi connectivity index (χ4n) is 3.60. The lowest BCUT2D eigenvalue weighted by atomic mass is 10.2. The maximum atomic E-state index is 13.1. The molecule has 142 valence electrons. The van der Waals surface area contributed by atoms with Gasteiger partial charge >= 0.3 is 0 Å². The van der Waals surface area contributed by atoms with Crippen molar-refractivity contribution in [2.24, 2.45) is 0 Å². The summed E-state index contributed by atoms with van der Waals surface area (Å²) in [6.07, 6.45) is 2.60. The fraction of sp³-hybridized carbons (Fsp3) is 0.474. The van der Waals surface area contributed by atoms with Crippen molar-refractivity contribution in [1.29, 1.82) is 0 Å². The largest absolute Gasteiger partial charge is 0.361 e. The Kier molecular flexibility index (Phi) is 4.65. The standard InChI is InChI=1S/C19H24N6O2/c1-13-9-18-20-11-17(15(3)25(18)21-13)19(26)24-6-4-5-23(7-8-24)12-16-10-14(2)27-22-16/h9-11H,4-8,12H2,1-3H3. The van der Waals surface area contributed by atoms with Crippen LogP contribution in [-0.4, -0.2) is 61.6 Å². The molecule has 0 aromatic carbocycles. The van der Waals surface area contributed by atoms with Gasteiger partial charge in [-0.2, -0.15) is 5.10 Å². The van der Waals surface area contributed by atoms with Crippen molar-refractivity contribution in [1.82, 2.24) is 29.6 Å². The highest BCUT2D eigenvalue weighted by Gasteiger charge is 2.23. The molecule has 8 nitrogen and oxygen atoms in total.